The van der Waals surface area contributed by atoms with Crippen LogP contribution in [0.1, 0.15) is 11.1 Å². The van der Waals surface area contributed by atoms with E-state index in [1.807, 2.05) is 0 Å². The topological polar surface area (TPSA) is 87.7 Å². The van der Waals surface area contributed by atoms with Crippen LogP contribution in [0.3, 0.4) is 0 Å². The lowest BCUT2D eigenvalue weighted by molar-refractivity contribution is -0.137. The molecule has 2 amide bonds. The Morgan fingerprint density at radius 2 is 1.36 bits per heavy atom. The third kappa shape index (κ3) is 3.07. The summed E-state index contributed by atoms with van der Waals surface area (Å²) >= 11 is 0. The van der Waals surface area contributed by atoms with Crippen LogP contribution in [0.2, 0.25) is 0 Å². The van der Waals surface area contributed by atoms with Gasteiger partial charge in [0.05, 0.1) is 7.11 Å². The van der Waals surface area contributed by atoms with E-state index in [0.29, 0.717) is 11.1 Å². The van der Waals surface area contributed by atoms with Crippen LogP contribution in [0.5, 0.6) is 0 Å². The van der Waals surface area contributed by atoms with Gasteiger partial charge in [0.25, 0.3) is 5.91 Å². The first-order valence-electron chi connectivity index (χ1n) is 6.57. The maximum absolute atomic E-state index is 12.5. The number of aliphatic hydroxyl groups is 1. The molecule has 0 aliphatic heterocycles. The summed E-state index contributed by atoms with van der Waals surface area (Å²) in [7, 11) is 1.17. The molecule has 114 valence electrons. The monoisotopic (exact) mass is 300 g/mol. The third-order valence-electron chi connectivity index (χ3n) is 3.18. The molecule has 2 aromatic rings. The molecule has 3 N–H and O–H groups in total. The van der Waals surface area contributed by atoms with Gasteiger partial charge in [-0.2, -0.15) is 0 Å². The van der Waals surface area contributed by atoms with Crippen LogP contribution in [-0.4, -0.2) is 24.2 Å². The summed E-state index contributed by atoms with van der Waals surface area (Å²) in [5.41, 5.74) is 3.03. The molecule has 0 radical (unpaired) electrons. The van der Waals surface area contributed by atoms with Gasteiger partial charge >= 0.3 is 6.09 Å². The maximum Gasteiger partial charge on any atom is 0.425 e. The molecular formula is C16H16N2O4. The van der Waals surface area contributed by atoms with Crippen molar-refractivity contribution in [1.29, 1.82) is 0 Å². The molecule has 0 bridgehead atoms. The van der Waals surface area contributed by atoms with Crippen molar-refractivity contribution >= 4 is 12.0 Å². The predicted octanol–water partition coefficient (Wildman–Crippen LogP) is 1.31. The molecule has 0 aliphatic carbocycles. The van der Waals surface area contributed by atoms with E-state index in [1.165, 1.54) is 7.11 Å². The number of carbonyl (C=O) groups excluding carboxylic acids is 2. The minimum atomic E-state index is -1.94. The van der Waals surface area contributed by atoms with E-state index in [4.69, 9.17) is 0 Å². The fraction of sp³-hybridized carbons (Fsp3) is 0.125. The Hall–Kier alpha value is -2.86. The van der Waals surface area contributed by atoms with Crippen LogP contribution in [0.25, 0.3) is 0 Å². The molecule has 0 aliphatic rings. The highest BCUT2D eigenvalue weighted by atomic mass is 16.5. The number of carbonyl (C=O) groups is 2. The van der Waals surface area contributed by atoms with Crippen molar-refractivity contribution in [3.05, 3.63) is 71.8 Å². The summed E-state index contributed by atoms with van der Waals surface area (Å²) in [6, 6.07) is 16.9. The van der Waals surface area contributed by atoms with Crippen molar-refractivity contribution in [3.63, 3.8) is 0 Å². The lowest BCUT2D eigenvalue weighted by Crippen LogP contribution is -2.52. The van der Waals surface area contributed by atoms with E-state index in [9.17, 15) is 14.7 Å². The smallest absolute Gasteiger partial charge is 0.425 e. The fourth-order valence-electron chi connectivity index (χ4n) is 2.04. The fourth-order valence-corrected chi connectivity index (χ4v) is 2.04. The molecule has 0 saturated heterocycles. The van der Waals surface area contributed by atoms with Crippen LogP contribution < -0.4 is 10.9 Å². The maximum atomic E-state index is 12.5. The highest BCUT2D eigenvalue weighted by Gasteiger charge is 2.40. The number of hydrogen-bond acceptors (Lipinski definition) is 4. The second-order valence-electron chi connectivity index (χ2n) is 4.51. The zero-order valence-corrected chi connectivity index (χ0v) is 11.9. The van der Waals surface area contributed by atoms with Crippen LogP contribution >= 0.6 is 0 Å². The van der Waals surface area contributed by atoms with Gasteiger partial charge < -0.3 is 9.84 Å². The molecule has 2 aromatic carbocycles. The highest BCUT2D eigenvalue weighted by Crippen LogP contribution is 2.29. The van der Waals surface area contributed by atoms with Crippen LogP contribution in [-0.2, 0) is 15.1 Å². The molecule has 6 nitrogen and oxygen atoms in total. The Balaban J connectivity index is 2.38. The summed E-state index contributed by atoms with van der Waals surface area (Å²) in [6.07, 6.45) is -0.836. The third-order valence-corrected chi connectivity index (χ3v) is 3.18. The van der Waals surface area contributed by atoms with Gasteiger partial charge in [-0.3, -0.25) is 10.2 Å². The number of hydrazine groups is 1. The average Bonchev–Trinajstić information content (AvgIpc) is 2.60. The van der Waals surface area contributed by atoms with Gasteiger partial charge in [-0.25, -0.2) is 10.2 Å². The summed E-state index contributed by atoms with van der Waals surface area (Å²) in [6.45, 7) is 0. The van der Waals surface area contributed by atoms with Crippen LogP contribution in [0.4, 0.5) is 4.79 Å². The molecule has 22 heavy (non-hydrogen) atoms. The average molecular weight is 300 g/mol. The Morgan fingerprint density at radius 3 is 1.77 bits per heavy atom. The Bertz CT molecular complexity index is 604. The standard InChI is InChI=1S/C16H16N2O4/c1-22-15(20)18-17-14(19)16(21,12-8-4-2-5-9-12)13-10-6-3-7-11-13/h2-11,21H,1H3,(H,17,19)(H,18,20). The molecule has 2 rings (SSSR count). The normalized spacial score (nSPS) is 10.6. The SMILES string of the molecule is COC(=O)NNC(=O)C(O)(c1ccccc1)c1ccccc1. The quantitative estimate of drug-likeness (QED) is 0.746. The van der Waals surface area contributed by atoms with Gasteiger partial charge in [0.1, 0.15) is 0 Å². The van der Waals surface area contributed by atoms with Gasteiger partial charge in [0.2, 0.25) is 0 Å². The second-order valence-corrected chi connectivity index (χ2v) is 4.51. The van der Waals surface area contributed by atoms with E-state index in [2.05, 4.69) is 15.6 Å². The van der Waals surface area contributed by atoms with Gasteiger partial charge in [0.15, 0.2) is 5.60 Å². The van der Waals surface area contributed by atoms with Crippen molar-refractivity contribution in [2.75, 3.05) is 7.11 Å². The van der Waals surface area contributed by atoms with E-state index >= 15 is 0 Å². The minimum Gasteiger partial charge on any atom is -0.452 e. The number of rotatable bonds is 3. The summed E-state index contributed by atoms with van der Waals surface area (Å²) in [5, 5.41) is 11.0. The number of amides is 2. The van der Waals surface area contributed by atoms with Crippen LogP contribution in [0.15, 0.2) is 60.7 Å². The van der Waals surface area contributed by atoms with E-state index in [1.54, 1.807) is 60.7 Å². The van der Waals surface area contributed by atoms with Crippen LogP contribution in [0, 0.1) is 0 Å². The van der Waals surface area contributed by atoms with Crippen molar-refractivity contribution in [2.24, 2.45) is 0 Å². The molecule has 0 unspecified atom stereocenters. The zero-order valence-electron chi connectivity index (χ0n) is 11.9. The summed E-state index contributed by atoms with van der Waals surface area (Å²) in [5.74, 6) is -0.796. The molecular weight excluding hydrogens is 284 g/mol. The summed E-state index contributed by atoms with van der Waals surface area (Å²) < 4.78 is 4.38. The van der Waals surface area contributed by atoms with Gasteiger partial charge in [0, 0.05) is 0 Å². The number of benzene rings is 2. The predicted molar refractivity (Wildman–Crippen MR) is 79.6 cm³/mol. The van der Waals surface area contributed by atoms with Gasteiger partial charge in [-0.1, -0.05) is 60.7 Å². The number of nitrogens with one attached hydrogen (secondary N) is 2. The minimum absolute atomic E-state index is 0.380. The Labute approximate surface area is 127 Å². The Morgan fingerprint density at radius 1 is 0.909 bits per heavy atom. The summed E-state index contributed by atoms with van der Waals surface area (Å²) in [4.78, 5) is 23.5. The largest absolute Gasteiger partial charge is 0.452 e. The van der Waals surface area contributed by atoms with E-state index < -0.39 is 17.6 Å². The molecule has 0 heterocycles. The van der Waals surface area contributed by atoms with E-state index in [0.717, 1.165) is 0 Å². The highest BCUT2D eigenvalue weighted by molar-refractivity contribution is 5.91. The number of ether oxygens (including phenoxy) is 1. The second kappa shape index (κ2) is 6.73. The van der Waals surface area contributed by atoms with Gasteiger partial charge in [-0.15, -0.1) is 0 Å². The Kier molecular flexibility index (Phi) is 4.75. The first kappa shape index (κ1) is 15.5. The molecule has 0 atom stereocenters. The number of hydrogen-bond donors (Lipinski definition) is 3. The van der Waals surface area contributed by atoms with Crippen molar-refractivity contribution in [3.8, 4) is 0 Å². The van der Waals surface area contributed by atoms with Crippen molar-refractivity contribution in [2.45, 2.75) is 5.60 Å². The molecule has 0 spiro atoms. The lowest BCUT2D eigenvalue weighted by atomic mass is 9.85. The molecule has 0 fully saturated rings. The van der Waals surface area contributed by atoms with E-state index in [-0.39, 0.29) is 0 Å². The van der Waals surface area contributed by atoms with Gasteiger partial charge in [-0.05, 0) is 11.1 Å². The molecule has 0 aromatic heterocycles. The first-order chi connectivity index (χ1) is 10.6. The number of methoxy groups -OCH3 is 1. The molecule has 0 saturated carbocycles. The lowest BCUT2D eigenvalue weighted by Gasteiger charge is -2.27. The zero-order chi connectivity index (χ0) is 16.0. The first-order valence-corrected chi connectivity index (χ1v) is 6.57. The van der Waals surface area contributed by atoms with Crippen molar-refractivity contribution < 1.29 is 19.4 Å². The van der Waals surface area contributed by atoms with Crippen molar-refractivity contribution in [1.82, 2.24) is 10.9 Å². The molecule has 6 heteroatoms.